The van der Waals surface area contributed by atoms with Crippen LogP contribution in [0.15, 0.2) is 30.5 Å². The molecule has 1 aromatic carbocycles. The van der Waals surface area contributed by atoms with Gasteiger partial charge < -0.3 is 5.73 Å². The van der Waals surface area contributed by atoms with E-state index in [2.05, 4.69) is 16.8 Å². The van der Waals surface area contributed by atoms with Gasteiger partial charge >= 0.3 is 0 Å². The van der Waals surface area contributed by atoms with Crippen molar-refractivity contribution in [2.24, 2.45) is 11.7 Å². The molecule has 0 bridgehead atoms. The summed E-state index contributed by atoms with van der Waals surface area (Å²) in [5.74, 6) is 0.371. The third-order valence-electron chi connectivity index (χ3n) is 4.29. The summed E-state index contributed by atoms with van der Waals surface area (Å²) in [5.41, 5.74) is 7.98. The van der Waals surface area contributed by atoms with Gasteiger partial charge in [0.2, 0.25) is 0 Å². The van der Waals surface area contributed by atoms with Gasteiger partial charge in [0.05, 0.1) is 5.52 Å². The van der Waals surface area contributed by atoms with Crippen molar-refractivity contribution >= 4 is 10.9 Å². The van der Waals surface area contributed by atoms with Gasteiger partial charge in [0.1, 0.15) is 5.82 Å². The van der Waals surface area contributed by atoms with Gasteiger partial charge in [-0.05, 0) is 42.6 Å². The zero-order chi connectivity index (χ0) is 14.1. The highest BCUT2D eigenvalue weighted by Crippen LogP contribution is 2.23. The predicted octanol–water partition coefficient (Wildman–Crippen LogP) is 2.54. The molecule has 1 aliphatic heterocycles. The Morgan fingerprint density at radius 3 is 3.05 bits per heavy atom. The highest BCUT2D eigenvalue weighted by atomic mass is 19.1. The average molecular weight is 273 g/mol. The van der Waals surface area contributed by atoms with Crippen LogP contribution >= 0.6 is 0 Å². The molecule has 1 aromatic heterocycles. The summed E-state index contributed by atoms with van der Waals surface area (Å²) in [4.78, 5) is 6.68. The number of benzene rings is 1. The third-order valence-corrected chi connectivity index (χ3v) is 4.29. The first-order valence-corrected chi connectivity index (χ1v) is 7.15. The second-order valence-corrected chi connectivity index (χ2v) is 5.77. The van der Waals surface area contributed by atoms with Gasteiger partial charge in [0.15, 0.2) is 0 Å². The number of rotatable bonds is 2. The molecule has 2 unspecified atom stereocenters. The second-order valence-electron chi connectivity index (χ2n) is 5.77. The number of nitrogens with zero attached hydrogens (tertiary/aromatic N) is 2. The Balaban J connectivity index is 1.86. The predicted molar refractivity (Wildman–Crippen MR) is 78.7 cm³/mol. The fourth-order valence-corrected chi connectivity index (χ4v) is 2.88. The first-order valence-electron chi connectivity index (χ1n) is 7.15. The van der Waals surface area contributed by atoms with Crippen LogP contribution in [0.3, 0.4) is 0 Å². The smallest absolute Gasteiger partial charge is 0.132 e. The molecule has 3 rings (SSSR count). The van der Waals surface area contributed by atoms with Crippen LogP contribution in [-0.2, 0) is 6.54 Å². The van der Waals surface area contributed by atoms with Crippen LogP contribution in [0, 0.1) is 11.7 Å². The molecule has 106 valence electrons. The molecule has 0 amide bonds. The summed E-state index contributed by atoms with van der Waals surface area (Å²) in [6, 6.07) is 7.15. The van der Waals surface area contributed by atoms with Crippen molar-refractivity contribution in [1.29, 1.82) is 0 Å². The maximum absolute atomic E-state index is 13.8. The molecule has 1 aliphatic rings. The lowest BCUT2D eigenvalue weighted by Gasteiger charge is -2.35. The van der Waals surface area contributed by atoms with Gasteiger partial charge in [-0.3, -0.25) is 9.88 Å². The van der Waals surface area contributed by atoms with Gasteiger partial charge in [-0.1, -0.05) is 13.0 Å². The molecule has 2 heterocycles. The van der Waals surface area contributed by atoms with Crippen molar-refractivity contribution in [2.75, 3.05) is 13.1 Å². The highest BCUT2D eigenvalue weighted by Gasteiger charge is 2.23. The number of likely N-dealkylation sites (tertiary alicyclic amines) is 1. The summed E-state index contributed by atoms with van der Waals surface area (Å²) in [7, 11) is 0. The molecule has 0 aliphatic carbocycles. The van der Waals surface area contributed by atoms with Crippen LogP contribution in [-0.4, -0.2) is 29.0 Å². The van der Waals surface area contributed by atoms with E-state index in [1.165, 1.54) is 6.07 Å². The number of fused-ring (bicyclic) bond motifs is 1. The fraction of sp³-hybridized carbons (Fsp3) is 0.438. The van der Waals surface area contributed by atoms with E-state index in [9.17, 15) is 4.39 Å². The third kappa shape index (κ3) is 2.53. The van der Waals surface area contributed by atoms with Crippen molar-refractivity contribution in [3.63, 3.8) is 0 Å². The maximum atomic E-state index is 13.8. The molecule has 2 aromatic rings. The Hall–Kier alpha value is -1.52. The average Bonchev–Trinajstić information content (AvgIpc) is 2.46. The molecule has 4 heteroatoms. The lowest BCUT2D eigenvalue weighted by molar-refractivity contribution is 0.162. The van der Waals surface area contributed by atoms with Crippen LogP contribution in [0.25, 0.3) is 10.9 Å². The number of hydrogen-bond donors (Lipinski definition) is 1. The standard InChI is InChI=1S/C16H20FN3/c1-11-6-8-20(10-15(11)18)9-12-4-5-14(17)13-3-2-7-19-16(12)13/h2-5,7,11,15H,6,8-10,18H2,1H3. The Kier molecular flexibility index (Phi) is 3.68. The van der Waals surface area contributed by atoms with E-state index in [1.54, 1.807) is 18.3 Å². The number of hydrogen-bond acceptors (Lipinski definition) is 3. The van der Waals surface area contributed by atoms with Crippen LogP contribution in [0.2, 0.25) is 0 Å². The Morgan fingerprint density at radius 1 is 1.40 bits per heavy atom. The fourth-order valence-electron chi connectivity index (χ4n) is 2.88. The summed E-state index contributed by atoms with van der Waals surface area (Å²) >= 11 is 0. The van der Waals surface area contributed by atoms with Crippen LogP contribution in [0.4, 0.5) is 4.39 Å². The zero-order valence-electron chi connectivity index (χ0n) is 11.7. The molecule has 0 spiro atoms. The van der Waals surface area contributed by atoms with Crippen LogP contribution in [0.5, 0.6) is 0 Å². The lowest BCUT2D eigenvalue weighted by Crippen LogP contribution is -2.47. The number of piperidine rings is 1. The molecule has 1 fully saturated rings. The van der Waals surface area contributed by atoms with Gasteiger partial charge in [-0.25, -0.2) is 4.39 Å². The van der Waals surface area contributed by atoms with E-state index in [0.29, 0.717) is 11.3 Å². The van der Waals surface area contributed by atoms with Crippen molar-refractivity contribution in [1.82, 2.24) is 9.88 Å². The monoisotopic (exact) mass is 273 g/mol. The van der Waals surface area contributed by atoms with Crippen LogP contribution < -0.4 is 5.73 Å². The minimum Gasteiger partial charge on any atom is -0.326 e. The quantitative estimate of drug-likeness (QED) is 0.914. The van der Waals surface area contributed by atoms with E-state index >= 15 is 0 Å². The highest BCUT2D eigenvalue weighted by molar-refractivity contribution is 5.82. The first kappa shape index (κ1) is 13.5. The van der Waals surface area contributed by atoms with E-state index in [-0.39, 0.29) is 11.9 Å². The van der Waals surface area contributed by atoms with E-state index in [0.717, 1.165) is 37.1 Å². The van der Waals surface area contributed by atoms with E-state index < -0.39 is 0 Å². The van der Waals surface area contributed by atoms with E-state index in [1.807, 2.05) is 6.07 Å². The summed E-state index contributed by atoms with van der Waals surface area (Å²) in [6.07, 6.45) is 2.84. The lowest BCUT2D eigenvalue weighted by atomic mass is 9.94. The molecule has 1 saturated heterocycles. The molecule has 20 heavy (non-hydrogen) atoms. The summed E-state index contributed by atoms with van der Waals surface area (Å²) in [6.45, 7) is 4.93. The normalized spacial score (nSPS) is 24.1. The molecular formula is C16H20FN3. The summed E-state index contributed by atoms with van der Waals surface area (Å²) in [5, 5.41) is 0.597. The molecule has 3 nitrogen and oxygen atoms in total. The topological polar surface area (TPSA) is 42.2 Å². The van der Waals surface area contributed by atoms with Crippen molar-refractivity contribution in [3.05, 3.63) is 41.8 Å². The number of halogens is 1. The van der Waals surface area contributed by atoms with Crippen LogP contribution in [0.1, 0.15) is 18.9 Å². The zero-order valence-corrected chi connectivity index (χ0v) is 11.7. The van der Waals surface area contributed by atoms with Gasteiger partial charge in [0.25, 0.3) is 0 Å². The number of aromatic nitrogens is 1. The minimum absolute atomic E-state index is 0.208. The minimum atomic E-state index is -0.208. The molecule has 2 N–H and O–H groups in total. The Labute approximate surface area is 118 Å². The first-order chi connectivity index (χ1) is 9.65. The second kappa shape index (κ2) is 5.46. The van der Waals surface area contributed by atoms with Crippen molar-refractivity contribution in [2.45, 2.75) is 25.9 Å². The summed E-state index contributed by atoms with van der Waals surface area (Å²) < 4.78 is 13.8. The van der Waals surface area contributed by atoms with Gasteiger partial charge in [-0.2, -0.15) is 0 Å². The molecule has 2 atom stereocenters. The Morgan fingerprint density at radius 2 is 2.25 bits per heavy atom. The SMILES string of the molecule is CC1CCN(Cc2ccc(F)c3cccnc23)CC1N. The largest absolute Gasteiger partial charge is 0.326 e. The molecule has 0 radical (unpaired) electrons. The van der Waals surface area contributed by atoms with Crippen molar-refractivity contribution < 1.29 is 4.39 Å². The van der Waals surface area contributed by atoms with Gasteiger partial charge in [-0.15, -0.1) is 0 Å². The molecular weight excluding hydrogens is 253 g/mol. The number of nitrogens with two attached hydrogens (primary N) is 1. The maximum Gasteiger partial charge on any atom is 0.132 e. The molecule has 0 saturated carbocycles. The Bertz CT molecular complexity index is 614. The number of pyridine rings is 1. The van der Waals surface area contributed by atoms with Gasteiger partial charge in [0, 0.05) is 30.7 Å². The van der Waals surface area contributed by atoms with Crippen molar-refractivity contribution in [3.8, 4) is 0 Å². The van der Waals surface area contributed by atoms with E-state index in [4.69, 9.17) is 5.73 Å².